The summed E-state index contributed by atoms with van der Waals surface area (Å²) in [7, 11) is 0. The van der Waals surface area contributed by atoms with E-state index in [1.165, 1.54) is 44.1 Å². The maximum Gasteiger partial charge on any atom is 0.118 e. The van der Waals surface area contributed by atoms with Gasteiger partial charge in [0.05, 0.1) is 0 Å². The number of rotatable bonds is 5. The number of phenols is 1. The molecule has 1 saturated carbocycles. The van der Waals surface area contributed by atoms with E-state index in [1.54, 1.807) is 0 Å². The quantitative estimate of drug-likeness (QED) is 0.588. The summed E-state index contributed by atoms with van der Waals surface area (Å²) in [5.41, 5.74) is 2.58. The van der Waals surface area contributed by atoms with Gasteiger partial charge in [0.15, 0.2) is 0 Å². The molecule has 0 saturated heterocycles. The highest BCUT2D eigenvalue weighted by Crippen LogP contribution is 2.34. The van der Waals surface area contributed by atoms with Gasteiger partial charge in [0.2, 0.25) is 0 Å². The van der Waals surface area contributed by atoms with Gasteiger partial charge in [0.1, 0.15) is 5.75 Å². The van der Waals surface area contributed by atoms with Crippen molar-refractivity contribution >= 4 is 15.9 Å². The van der Waals surface area contributed by atoms with Gasteiger partial charge in [-0.25, -0.2) is 0 Å². The molecule has 100 valence electrons. The summed E-state index contributed by atoms with van der Waals surface area (Å²) in [4.78, 5) is 0. The summed E-state index contributed by atoms with van der Waals surface area (Å²) in [6, 6.07) is 6.27. The van der Waals surface area contributed by atoms with Crippen molar-refractivity contribution in [3.05, 3.63) is 29.3 Å². The second-order valence-corrected chi connectivity index (χ2v) is 6.16. The highest BCUT2D eigenvalue weighted by Gasteiger charge is 2.16. The third kappa shape index (κ3) is 3.74. The normalized spacial score (nSPS) is 16.9. The molecule has 0 heterocycles. The Morgan fingerprint density at radius 3 is 2.61 bits per heavy atom. The molecular formula is C16H23BrO. The minimum Gasteiger partial charge on any atom is -0.508 e. The maximum absolute atomic E-state index is 9.92. The van der Waals surface area contributed by atoms with Gasteiger partial charge in [-0.15, -0.1) is 0 Å². The van der Waals surface area contributed by atoms with E-state index < -0.39 is 0 Å². The Kier molecular flexibility index (Phi) is 5.55. The highest BCUT2D eigenvalue weighted by molar-refractivity contribution is 9.09. The molecule has 0 amide bonds. The molecule has 1 aromatic rings. The zero-order chi connectivity index (χ0) is 12.8. The Hall–Kier alpha value is -0.500. The number of unbranched alkanes of at least 4 members (excludes halogenated alkanes) is 1. The Bertz CT molecular complexity index is 369. The van der Waals surface area contributed by atoms with E-state index in [-0.39, 0.29) is 0 Å². The Balaban J connectivity index is 2.04. The monoisotopic (exact) mass is 310 g/mol. The number of hydrogen-bond acceptors (Lipinski definition) is 1. The number of aromatic hydroxyl groups is 1. The predicted molar refractivity (Wildman–Crippen MR) is 80.7 cm³/mol. The third-order valence-corrected chi connectivity index (χ3v) is 4.57. The molecule has 1 aliphatic rings. The number of alkyl halides is 1. The van der Waals surface area contributed by atoms with Crippen molar-refractivity contribution in [1.82, 2.24) is 0 Å². The first-order valence-electron chi connectivity index (χ1n) is 7.19. The molecule has 0 aromatic heterocycles. The van der Waals surface area contributed by atoms with Crippen LogP contribution >= 0.6 is 15.9 Å². The van der Waals surface area contributed by atoms with Crippen LogP contribution in [0, 0.1) is 0 Å². The van der Waals surface area contributed by atoms with Gasteiger partial charge in [0.25, 0.3) is 0 Å². The van der Waals surface area contributed by atoms with Crippen LogP contribution in [-0.4, -0.2) is 10.4 Å². The van der Waals surface area contributed by atoms with Crippen molar-refractivity contribution in [2.75, 3.05) is 5.33 Å². The van der Waals surface area contributed by atoms with Crippen LogP contribution in [0.3, 0.4) is 0 Å². The molecule has 0 unspecified atom stereocenters. The first kappa shape index (κ1) is 13.9. The SMILES string of the molecule is Oc1ccc(C2CCCCC2)cc1CCCCBr. The Labute approximate surface area is 119 Å². The second-order valence-electron chi connectivity index (χ2n) is 5.37. The van der Waals surface area contributed by atoms with E-state index in [1.807, 2.05) is 6.07 Å². The lowest BCUT2D eigenvalue weighted by atomic mass is 9.83. The van der Waals surface area contributed by atoms with E-state index >= 15 is 0 Å². The zero-order valence-corrected chi connectivity index (χ0v) is 12.6. The number of benzene rings is 1. The van der Waals surface area contributed by atoms with Crippen LogP contribution in [0.4, 0.5) is 0 Å². The molecule has 1 aliphatic carbocycles. The average Bonchev–Trinajstić information content (AvgIpc) is 2.42. The molecule has 0 radical (unpaired) electrons. The minimum absolute atomic E-state index is 0.476. The summed E-state index contributed by atoms with van der Waals surface area (Å²) in [6.07, 6.45) is 10.1. The van der Waals surface area contributed by atoms with E-state index in [9.17, 15) is 5.11 Å². The van der Waals surface area contributed by atoms with Crippen molar-refractivity contribution < 1.29 is 5.11 Å². The Morgan fingerprint density at radius 1 is 1.11 bits per heavy atom. The Morgan fingerprint density at radius 2 is 1.89 bits per heavy atom. The largest absolute Gasteiger partial charge is 0.508 e. The molecule has 1 N–H and O–H groups in total. The fourth-order valence-electron chi connectivity index (χ4n) is 2.91. The molecule has 2 heteroatoms. The topological polar surface area (TPSA) is 20.2 Å². The molecule has 0 atom stereocenters. The minimum atomic E-state index is 0.476. The number of hydrogen-bond donors (Lipinski definition) is 1. The van der Waals surface area contributed by atoms with Crippen LogP contribution in [0.1, 0.15) is 62.0 Å². The molecule has 0 aliphatic heterocycles. The molecule has 1 aromatic carbocycles. The smallest absolute Gasteiger partial charge is 0.118 e. The summed E-state index contributed by atoms with van der Waals surface area (Å²) in [5, 5.41) is 11.0. The summed E-state index contributed by atoms with van der Waals surface area (Å²) < 4.78 is 0. The first-order chi connectivity index (χ1) is 8.81. The lowest BCUT2D eigenvalue weighted by Gasteiger charge is -2.22. The highest BCUT2D eigenvalue weighted by atomic mass is 79.9. The van der Waals surface area contributed by atoms with Gasteiger partial charge >= 0.3 is 0 Å². The standard InChI is InChI=1S/C16H23BrO/c17-11-5-4-8-15-12-14(9-10-16(15)18)13-6-2-1-3-7-13/h9-10,12-13,18H,1-8,11H2. The lowest BCUT2D eigenvalue weighted by molar-refractivity contribution is 0.440. The van der Waals surface area contributed by atoms with Gasteiger partial charge in [0, 0.05) is 5.33 Å². The van der Waals surface area contributed by atoms with Gasteiger partial charge in [-0.2, -0.15) is 0 Å². The third-order valence-electron chi connectivity index (χ3n) is 4.01. The van der Waals surface area contributed by atoms with Crippen LogP contribution in [0.15, 0.2) is 18.2 Å². The lowest BCUT2D eigenvalue weighted by Crippen LogP contribution is -2.05. The van der Waals surface area contributed by atoms with Gasteiger partial charge in [-0.05, 0) is 55.2 Å². The summed E-state index contributed by atoms with van der Waals surface area (Å²) >= 11 is 3.46. The molecule has 18 heavy (non-hydrogen) atoms. The molecular weight excluding hydrogens is 288 g/mol. The van der Waals surface area contributed by atoms with Crippen molar-refractivity contribution in [2.24, 2.45) is 0 Å². The molecule has 0 spiro atoms. The maximum atomic E-state index is 9.92. The summed E-state index contributed by atoms with van der Waals surface area (Å²) in [5.74, 6) is 1.21. The number of aryl methyl sites for hydroxylation is 1. The average molecular weight is 311 g/mol. The molecule has 1 fully saturated rings. The van der Waals surface area contributed by atoms with Crippen molar-refractivity contribution in [2.45, 2.75) is 57.3 Å². The zero-order valence-electron chi connectivity index (χ0n) is 11.0. The number of phenolic OH excluding ortho intramolecular Hbond substituents is 1. The van der Waals surface area contributed by atoms with Crippen molar-refractivity contribution in [1.29, 1.82) is 0 Å². The molecule has 1 nitrogen and oxygen atoms in total. The fourth-order valence-corrected chi connectivity index (χ4v) is 3.30. The molecule has 0 bridgehead atoms. The first-order valence-corrected chi connectivity index (χ1v) is 8.31. The van der Waals surface area contributed by atoms with Gasteiger partial charge in [-0.3, -0.25) is 0 Å². The van der Waals surface area contributed by atoms with Crippen LogP contribution in [0.5, 0.6) is 5.75 Å². The van der Waals surface area contributed by atoms with E-state index in [0.717, 1.165) is 29.7 Å². The van der Waals surface area contributed by atoms with Crippen LogP contribution < -0.4 is 0 Å². The van der Waals surface area contributed by atoms with Crippen molar-refractivity contribution in [3.63, 3.8) is 0 Å². The van der Waals surface area contributed by atoms with Crippen LogP contribution in [0.2, 0.25) is 0 Å². The van der Waals surface area contributed by atoms with Crippen LogP contribution in [-0.2, 0) is 6.42 Å². The fraction of sp³-hybridized carbons (Fsp3) is 0.625. The summed E-state index contributed by atoms with van der Waals surface area (Å²) in [6.45, 7) is 0. The van der Waals surface area contributed by atoms with E-state index in [4.69, 9.17) is 0 Å². The van der Waals surface area contributed by atoms with Crippen LogP contribution in [0.25, 0.3) is 0 Å². The van der Waals surface area contributed by atoms with Gasteiger partial charge in [-0.1, -0.05) is 47.3 Å². The van der Waals surface area contributed by atoms with E-state index in [0.29, 0.717) is 5.75 Å². The predicted octanol–water partition coefficient (Wildman–Crippen LogP) is 5.16. The van der Waals surface area contributed by atoms with Gasteiger partial charge < -0.3 is 5.11 Å². The van der Waals surface area contributed by atoms with E-state index in [2.05, 4.69) is 28.1 Å². The second kappa shape index (κ2) is 7.18. The molecule has 2 rings (SSSR count). The number of halogens is 1. The van der Waals surface area contributed by atoms with Crippen molar-refractivity contribution in [3.8, 4) is 5.75 Å².